The van der Waals surface area contributed by atoms with E-state index >= 15 is 0 Å². The van der Waals surface area contributed by atoms with Crippen LogP contribution in [0, 0.1) is 0 Å². The van der Waals surface area contributed by atoms with Gasteiger partial charge in [0.05, 0.1) is 17.0 Å². The Hall–Kier alpha value is -0.300. The second-order valence-corrected chi connectivity index (χ2v) is 5.18. The van der Waals surface area contributed by atoms with Gasteiger partial charge in [0.15, 0.2) is 0 Å². The van der Waals surface area contributed by atoms with Crippen LogP contribution in [0.3, 0.4) is 0 Å². The maximum atomic E-state index is 10.9. The van der Waals surface area contributed by atoms with Crippen LogP contribution in [0.4, 0.5) is 0 Å². The van der Waals surface area contributed by atoms with Crippen LogP contribution in [-0.2, 0) is 10.1 Å². The summed E-state index contributed by atoms with van der Waals surface area (Å²) in [5.41, 5.74) is 0. The fourth-order valence-electron chi connectivity index (χ4n) is 1.56. The zero-order chi connectivity index (χ0) is 12.6. The minimum Gasteiger partial charge on any atom is -0.744 e. The second-order valence-electron chi connectivity index (χ2n) is 3.42. The number of rotatable bonds is 2. The number of methoxy groups -OCH3 is 1. The molecule has 0 atom stereocenters. The van der Waals surface area contributed by atoms with Gasteiger partial charge in [0.25, 0.3) is 0 Å². The summed E-state index contributed by atoms with van der Waals surface area (Å²) in [5.74, 6) is 0.497. The molecule has 2 aromatic carbocycles. The molecule has 2 rings (SSSR count). The number of hydrogen-bond donors (Lipinski definition) is 0. The summed E-state index contributed by atoms with van der Waals surface area (Å²) in [4.78, 5) is -0.272. The first-order chi connectivity index (χ1) is 7.93. The van der Waals surface area contributed by atoms with E-state index in [9.17, 15) is 13.0 Å². The van der Waals surface area contributed by atoms with Crippen molar-refractivity contribution < 1.29 is 47.3 Å². The van der Waals surface area contributed by atoms with Crippen molar-refractivity contribution in [3.05, 3.63) is 35.4 Å². The van der Waals surface area contributed by atoms with E-state index in [-0.39, 0.29) is 34.5 Å². The summed E-state index contributed by atoms with van der Waals surface area (Å²) < 4.78 is 37.7. The third-order valence-corrected chi connectivity index (χ3v) is 3.62. The quantitative estimate of drug-likeness (QED) is 0.548. The predicted molar refractivity (Wildman–Crippen MR) is 63.5 cm³/mol. The van der Waals surface area contributed by atoms with E-state index in [1.54, 1.807) is 12.1 Å². The fraction of sp³-hybridized carbons (Fsp3) is 0.0909. The fourth-order valence-corrected chi connectivity index (χ4v) is 2.38. The molecule has 7 heteroatoms. The van der Waals surface area contributed by atoms with E-state index in [0.717, 1.165) is 0 Å². The molecule has 18 heavy (non-hydrogen) atoms. The molecule has 0 saturated heterocycles. The SMILES string of the molecule is COc1ccc2cc(S(=O)(=O)[O-])ccc2c1Cl.[Na+]. The Bertz CT molecular complexity index is 685. The van der Waals surface area contributed by atoms with Crippen LogP contribution in [0.5, 0.6) is 5.75 Å². The molecular formula is C11H8ClNaO4S. The molecule has 0 aliphatic heterocycles. The summed E-state index contributed by atoms with van der Waals surface area (Å²) in [6.45, 7) is 0. The van der Waals surface area contributed by atoms with Crippen molar-refractivity contribution in [2.24, 2.45) is 0 Å². The maximum Gasteiger partial charge on any atom is 1.00 e. The average molecular weight is 295 g/mol. The van der Waals surface area contributed by atoms with E-state index < -0.39 is 10.1 Å². The Labute approximate surface area is 132 Å². The zero-order valence-corrected chi connectivity index (χ0v) is 13.4. The Kier molecular flexibility index (Phi) is 5.05. The molecule has 0 aliphatic rings. The van der Waals surface area contributed by atoms with Crippen LogP contribution in [0.1, 0.15) is 0 Å². The molecule has 0 N–H and O–H groups in total. The molecule has 0 fully saturated rings. The third-order valence-electron chi connectivity index (χ3n) is 2.40. The van der Waals surface area contributed by atoms with Gasteiger partial charge < -0.3 is 9.29 Å². The summed E-state index contributed by atoms with van der Waals surface area (Å²) >= 11 is 6.06. The molecule has 0 saturated carbocycles. The van der Waals surface area contributed by atoms with E-state index in [1.807, 2.05) is 0 Å². The Morgan fingerprint density at radius 2 is 1.89 bits per heavy atom. The molecule has 0 aromatic heterocycles. The minimum atomic E-state index is -4.45. The van der Waals surface area contributed by atoms with Gasteiger partial charge in [-0.3, -0.25) is 0 Å². The van der Waals surface area contributed by atoms with Crippen molar-refractivity contribution in [1.82, 2.24) is 0 Å². The van der Waals surface area contributed by atoms with Crippen LogP contribution in [0.15, 0.2) is 35.2 Å². The normalized spacial score (nSPS) is 11.1. The molecule has 0 radical (unpaired) electrons. The molecule has 90 valence electrons. The summed E-state index contributed by atoms with van der Waals surface area (Å²) in [6, 6.07) is 7.28. The van der Waals surface area contributed by atoms with Crippen molar-refractivity contribution in [3.63, 3.8) is 0 Å². The second kappa shape index (κ2) is 5.77. The van der Waals surface area contributed by atoms with Crippen LogP contribution in [0.2, 0.25) is 5.02 Å². The summed E-state index contributed by atoms with van der Waals surface area (Å²) in [5, 5.41) is 1.60. The van der Waals surface area contributed by atoms with Crippen molar-refractivity contribution in [1.29, 1.82) is 0 Å². The molecule has 4 nitrogen and oxygen atoms in total. The Morgan fingerprint density at radius 1 is 1.22 bits per heavy atom. The first-order valence-electron chi connectivity index (χ1n) is 4.65. The van der Waals surface area contributed by atoms with Gasteiger partial charge >= 0.3 is 29.6 Å². The van der Waals surface area contributed by atoms with Gasteiger partial charge in [-0.2, -0.15) is 0 Å². The largest absolute Gasteiger partial charge is 1.00 e. The molecule has 0 amide bonds. The number of ether oxygens (including phenoxy) is 1. The van der Waals surface area contributed by atoms with Crippen LogP contribution >= 0.6 is 11.6 Å². The molecule has 0 heterocycles. The molecule has 0 unspecified atom stereocenters. The zero-order valence-electron chi connectivity index (χ0n) is 9.81. The number of halogens is 1. The standard InChI is InChI=1S/C11H9ClO4S.Na/c1-16-10-5-2-7-6-8(17(13,14)15)3-4-9(7)11(10)12;/h2-6H,1H3,(H,13,14,15);/q;+1/p-1. The minimum absolute atomic E-state index is 0. The summed E-state index contributed by atoms with van der Waals surface area (Å²) in [7, 11) is -2.96. The van der Waals surface area contributed by atoms with Crippen LogP contribution < -0.4 is 34.3 Å². The van der Waals surface area contributed by atoms with Crippen molar-refractivity contribution in [2.45, 2.75) is 4.90 Å². The molecule has 0 aliphatic carbocycles. The summed E-state index contributed by atoms with van der Waals surface area (Å²) in [6.07, 6.45) is 0. The van der Waals surface area contributed by atoms with E-state index in [2.05, 4.69) is 0 Å². The topological polar surface area (TPSA) is 66.4 Å². The number of fused-ring (bicyclic) bond motifs is 1. The Balaban J connectivity index is 0.00000162. The van der Waals surface area contributed by atoms with Gasteiger partial charge in [-0.05, 0) is 23.6 Å². The Morgan fingerprint density at radius 3 is 2.44 bits per heavy atom. The van der Waals surface area contributed by atoms with E-state index in [4.69, 9.17) is 16.3 Å². The number of hydrogen-bond acceptors (Lipinski definition) is 4. The van der Waals surface area contributed by atoms with Gasteiger partial charge in [-0.25, -0.2) is 8.42 Å². The molecule has 0 bridgehead atoms. The first kappa shape index (κ1) is 15.8. The number of benzene rings is 2. The first-order valence-corrected chi connectivity index (χ1v) is 6.44. The average Bonchev–Trinajstić information content (AvgIpc) is 2.28. The van der Waals surface area contributed by atoms with E-state index in [0.29, 0.717) is 21.5 Å². The smallest absolute Gasteiger partial charge is 0.744 e. The van der Waals surface area contributed by atoms with Gasteiger partial charge in [0.2, 0.25) is 0 Å². The molecular weight excluding hydrogens is 287 g/mol. The van der Waals surface area contributed by atoms with Gasteiger partial charge in [0.1, 0.15) is 15.9 Å². The van der Waals surface area contributed by atoms with Gasteiger partial charge in [-0.1, -0.05) is 23.7 Å². The van der Waals surface area contributed by atoms with Crippen LogP contribution in [0.25, 0.3) is 10.8 Å². The van der Waals surface area contributed by atoms with Crippen molar-refractivity contribution in [3.8, 4) is 5.75 Å². The van der Waals surface area contributed by atoms with Crippen LogP contribution in [-0.4, -0.2) is 20.1 Å². The predicted octanol–water partition coefficient (Wildman–Crippen LogP) is -0.590. The maximum absolute atomic E-state index is 10.9. The van der Waals surface area contributed by atoms with Gasteiger partial charge in [-0.15, -0.1) is 0 Å². The van der Waals surface area contributed by atoms with Gasteiger partial charge in [0, 0.05) is 5.39 Å². The molecule has 2 aromatic rings. The van der Waals surface area contributed by atoms with Crippen molar-refractivity contribution in [2.75, 3.05) is 7.11 Å². The monoisotopic (exact) mass is 294 g/mol. The molecule has 0 spiro atoms. The van der Waals surface area contributed by atoms with Crippen molar-refractivity contribution >= 4 is 32.5 Å². The third kappa shape index (κ3) is 2.99. The van der Waals surface area contributed by atoms with E-state index in [1.165, 1.54) is 25.3 Å².